The zero-order valence-corrected chi connectivity index (χ0v) is 15.4. The molecule has 0 spiro atoms. The summed E-state index contributed by atoms with van der Waals surface area (Å²) in [7, 11) is 0. The summed E-state index contributed by atoms with van der Waals surface area (Å²) in [6, 6.07) is 13.2. The largest absolute Gasteiger partial charge is 0.490 e. The lowest BCUT2D eigenvalue weighted by Crippen LogP contribution is -2.39. The van der Waals surface area contributed by atoms with E-state index in [4.69, 9.17) is 15.5 Å². The van der Waals surface area contributed by atoms with Crippen molar-refractivity contribution < 1.29 is 14.6 Å². The van der Waals surface area contributed by atoms with Gasteiger partial charge in [0.2, 0.25) is 0 Å². The van der Waals surface area contributed by atoms with Gasteiger partial charge in [-0.05, 0) is 18.2 Å². The van der Waals surface area contributed by atoms with Crippen molar-refractivity contribution in [1.82, 2.24) is 9.97 Å². The molecule has 1 saturated heterocycles. The van der Waals surface area contributed by atoms with Gasteiger partial charge in [-0.15, -0.1) is 0 Å². The van der Waals surface area contributed by atoms with E-state index in [1.54, 1.807) is 12.1 Å². The van der Waals surface area contributed by atoms with Gasteiger partial charge in [0.1, 0.15) is 23.4 Å². The zero-order valence-electron chi connectivity index (χ0n) is 15.4. The van der Waals surface area contributed by atoms with Gasteiger partial charge in [0.05, 0.1) is 12.1 Å². The summed E-state index contributed by atoms with van der Waals surface area (Å²) >= 11 is 0. The Morgan fingerprint density at radius 3 is 2.75 bits per heavy atom. The highest BCUT2D eigenvalue weighted by molar-refractivity contribution is 5.91. The number of aliphatic hydroxyl groups is 1. The summed E-state index contributed by atoms with van der Waals surface area (Å²) in [6.45, 7) is 1.50. The number of para-hydroxylation sites is 1. The maximum atomic E-state index is 11.3. The molecule has 0 saturated carbocycles. The molecular weight excluding hydrogens is 356 g/mol. The molecular formula is C21H22N4O3. The number of fused-ring (bicyclic) bond motifs is 1. The van der Waals surface area contributed by atoms with Crippen molar-refractivity contribution in [2.24, 2.45) is 5.73 Å². The molecule has 3 heterocycles. The number of hydrogen-bond acceptors (Lipinski definition) is 6. The van der Waals surface area contributed by atoms with Gasteiger partial charge in [0, 0.05) is 49.1 Å². The number of aromatic nitrogens is 2. The quantitative estimate of drug-likeness (QED) is 0.706. The maximum absolute atomic E-state index is 11.3. The average molecular weight is 378 g/mol. The number of hydrogen-bond donors (Lipinski definition) is 2. The highest BCUT2D eigenvalue weighted by Gasteiger charge is 2.23. The number of rotatable bonds is 5. The number of benzene rings is 1. The van der Waals surface area contributed by atoms with Crippen LogP contribution in [0.25, 0.3) is 10.9 Å². The summed E-state index contributed by atoms with van der Waals surface area (Å²) in [5.74, 6) is 0.862. The Kier molecular flexibility index (Phi) is 5.08. The van der Waals surface area contributed by atoms with E-state index in [2.05, 4.69) is 9.88 Å². The third-order valence-electron chi connectivity index (χ3n) is 4.98. The second-order valence-electron chi connectivity index (χ2n) is 6.87. The molecule has 144 valence electrons. The number of anilines is 1. The van der Waals surface area contributed by atoms with Crippen molar-refractivity contribution in [2.75, 3.05) is 18.0 Å². The first-order valence-corrected chi connectivity index (χ1v) is 9.31. The first-order chi connectivity index (χ1) is 13.6. The molecule has 1 aliphatic rings. The fraction of sp³-hybridized carbons (Fsp3) is 0.286. The minimum absolute atomic E-state index is 0.0393. The van der Waals surface area contributed by atoms with E-state index >= 15 is 0 Å². The summed E-state index contributed by atoms with van der Waals surface area (Å²) < 4.78 is 6.01. The Hall–Kier alpha value is -3.19. The SMILES string of the molecule is NC(=O)c1cc(OC2CCN(c3nc4ccccc4cc3CO)CC2)ccn1. The standard InChI is InChI=1S/C21H22N4O3/c22-20(27)19-12-17(5-8-23-19)28-16-6-9-25(10-7-16)21-15(13-26)11-14-3-1-2-4-18(14)24-21/h1-5,8,11-12,16,26H,6-7,9-10,13H2,(H2,22,27). The third kappa shape index (κ3) is 3.75. The zero-order chi connectivity index (χ0) is 19.5. The van der Waals surface area contributed by atoms with E-state index in [0.717, 1.165) is 48.2 Å². The number of amides is 1. The molecule has 1 aliphatic heterocycles. The predicted octanol–water partition coefficient (Wildman–Crippen LogP) is 2.27. The monoisotopic (exact) mass is 378 g/mol. The van der Waals surface area contributed by atoms with Gasteiger partial charge in [0.25, 0.3) is 5.91 Å². The number of carbonyl (C=O) groups excluding carboxylic acids is 1. The van der Waals surface area contributed by atoms with Crippen LogP contribution >= 0.6 is 0 Å². The van der Waals surface area contributed by atoms with Crippen LogP contribution in [0.2, 0.25) is 0 Å². The molecule has 0 radical (unpaired) electrons. The first kappa shape index (κ1) is 18.2. The van der Waals surface area contributed by atoms with Crippen LogP contribution in [0.4, 0.5) is 5.82 Å². The van der Waals surface area contributed by atoms with E-state index < -0.39 is 5.91 Å². The molecule has 1 fully saturated rings. The molecule has 1 aromatic carbocycles. The number of nitrogens with zero attached hydrogens (tertiary/aromatic N) is 3. The van der Waals surface area contributed by atoms with Crippen molar-refractivity contribution in [3.63, 3.8) is 0 Å². The number of pyridine rings is 2. The fourth-order valence-electron chi connectivity index (χ4n) is 3.54. The Balaban J connectivity index is 1.46. The lowest BCUT2D eigenvalue weighted by atomic mass is 10.1. The van der Waals surface area contributed by atoms with E-state index in [-0.39, 0.29) is 18.4 Å². The number of ether oxygens (including phenoxy) is 1. The minimum Gasteiger partial charge on any atom is -0.490 e. The van der Waals surface area contributed by atoms with Crippen LogP contribution in [0.1, 0.15) is 28.9 Å². The number of carbonyl (C=O) groups is 1. The van der Waals surface area contributed by atoms with Gasteiger partial charge in [-0.3, -0.25) is 9.78 Å². The Morgan fingerprint density at radius 2 is 2.00 bits per heavy atom. The molecule has 4 rings (SSSR count). The molecule has 3 aromatic rings. The Bertz CT molecular complexity index is 1000. The van der Waals surface area contributed by atoms with Crippen LogP contribution in [0, 0.1) is 0 Å². The molecule has 7 nitrogen and oxygen atoms in total. The molecule has 0 atom stereocenters. The maximum Gasteiger partial charge on any atom is 0.267 e. The molecule has 0 unspecified atom stereocenters. The van der Waals surface area contributed by atoms with E-state index in [0.29, 0.717) is 5.75 Å². The summed E-state index contributed by atoms with van der Waals surface area (Å²) in [6.07, 6.45) is 3.19. The first-order valence-electron chi connectivity index (χ1n) is 9.31. The number of piperidine rings is 1. The van der Waals surface area contributed by atoms with Crippen LogP contribution in [-0.2, 0) is 6.61 Å². The molecule has 0 aliphatic carbocycles. The smallest absolute Gasteiger partial charge is 0.267 e. The van der Waals surface area contributed by atoms with E-state index in [1.807, 2.05) is 30.3 Å². The molecule has 1 amide bonds. The van der Waals surface area contributed by atoms with Gasteiger partial charge >= 0.3 is 0 Å². The van der Waals surface area contributed by atoms with Crippen LogP contribution in [0.5, 0.6) is 5.75 Å². The van der Waals surface area contributed by atoms with Crippen LogP contribution in [0.3, 0.4) is 0 Å². The van der Waals surface area contributed by atoms with Crippen molar-refractivity contribution in [2.45, 2.75) is 25.6 Å². The third-order valence-corrected chi connectivity index (χ3v) is 4.98. The Morgan fingerprint density at radius 1 is 1.21 bits per heavy atom. The van der Waals surface area contributed by atoms with Crippen LogP contribution < -0.4 is 15.4 Å². The van der Waals surface area contributed by atoms with Crippen LogP contribution in [-0.4, -0.2) is 40.2 Å². The molecule has 3 N–H and O–H groups in total. The highest BCUT2D eigenvalue weighted by Crippen LogP contribution is 2.27. The lowest BCUT2D eigenvalue weighted by molar-refractivity contribution is 0.0994. The summed E-state index contributed by atoms with van der Waals surface area (Å²) in [5.41, 5.74) is 7.22. The minimum atomic E-state index is -0.570. The van der Waals surface area contributed by atoms with Gasteiger partial charge in [-0.2, -0.15) is 0 Å². The normalized spacial score (nSPS) is 15.0. The number of aliphatic hydroxyl groups excluding tert-OH is 1. The van der Waals surface area contributed by atoms with Gasteiger partial charge in [0.15, 0.2) is 0 Å². The number of primary amides is 1. The predicted molar refractivity (Wildman–Crippen MR) is 106 cm³/mol. The second-order valence-corrected chi connectivity index (χ2v) is 6.87. The second kappa shape index (κ2) is 7.82. The number of nitrogens with two attached hydrogens (primary N) is 1. The molecule has 0 bridgehead atoms. The van der Waals surface area contributed by atoms with Crippen molar-refractivity contribution >= 4 is 22.6 Å². The summed E-state index contributed by atoms with van der Waals surface area (Å²) in [4.78, 5) is 22.2. The lowest BCUT2D eigenvalue weighted by Gasteiger charge is -2.34. The fourth-order valence-corrected chi connectivity index (χ4v) is 3.54. The Labute approximate surface area is 162 Å². The van der Waals surface area contributed by atoms with Gasteiger partial charge in [-0.1, -0.05) is 18.2 Å². The van der Waals surface area contributed by atoms with Crippen molar-refractivity contribution in [3.05, 3.63) is 59.9 Å². The van der Waals surface area contributed by atoms with E-state index in [9.17, 15) is 9.90 Å². The molecule has 2 aromatic heterocycles. The van der Waals surface area contributed by atoms with Crippen molar-refractivity contribution in [3.8, 4) is 5.75 Å². The van der Waals surface area contributed by atoms with Gasteiger partial charge < -0.3 is 20.5 Å². The van der Waals surface area contributed by atoms with Gasteiger partial charge in [-0.25, -0.2) is 4.98 Å². The van der Waals surface area contributed by atoms with E-state index in [1.165, 1.54) is 6.20 Å². The highest BCUT2D eigenvalue weighted by atomic mass is 16.5. The summed E-state index contributed by atoms with van der Waals surface area (Å²) in [5, 5.41) is 10.8. The molecule has 28 heavy (non-hydrogen) atoms. The average Bonchev–Trinajstić information content (AvgIpc) is 2.73. The van der Waals surface area contributed by atoms with Crippen LogP contribution in [0.15, 0.2) is 48.7 Å². The topological polar surface area (TPSA) is 102 Å². The van der Waals surface area contributed by atoms with Crippen molar-refractivity contribution in [1.29, 1.82) is 0 Å². The molecule has 7 heteroatoms.